The van der Waals surface area contributed by atoms with E-state index in [2.05, 4.69) is 0 Å². The number of phenols is 4. The highest BCUT2D eigenvalue weighted by molar-refractivity contribution is 6.34. The second kappa shape index (κ2) is 6.96. The monoisotopic (exact) mass is 574 g/mol. The van der Waals surface area contributed by atoms with Crippen LogP contribution < -0.4 is 0 Å². The summed E-state index contributed by atoms with van der Waals surface area (Å²) in [5, 5.41) is 66.6. The summed E-state index contributed by atoms with van der Waals surface area (Å²) < 4.78 is 0. The smallest absolute Gasteiger partial charge is 0.178 e. The summed E-state index contributed by atoms with van der Waals surface area (Å²) >= 11 is 0. The maximum absolute atomic E-state index is 14.6. The number of rotatable bonds is 0. The zero-order valence-electron chi connectivity index (χ0n) is 21.9. The van der Waals surface area contributed by atoms with Gasteiger partial charge in [-0.15, -0.1) is 0 Å². The van der Waals surface area contributed by atoms with Gasteiger partial charge in [-0.05, 0) is 37.1 Å². The van der Waals surface area contributed by atoms with Gasteiger partial charge in [-0.1, -0.05) is 0 Å². The molecule has 8 rings (SSSR count). The first-order valence-corrected chi connectivity index (χ1v) is 13.4. The first-order chi connectivity index (χ1) is 19.7. The lowest BCUT2D eigenvalue weighted by Gasteiger charge is -2.56. The van der Waals surface area contributed by atoms with E-state index in [1.807, 2.05) is 0 Å². The van der Waals surface area contributed by atoms with Crippen LogP contribution in [0.1, 0.15) is 52.6 Å². The number of aryl methyl sites for hydroxylation is 2. The van der Waals surface area contributed by atoms with E-state index in [1.54, 1.807) is 0 Å². The number of hydrogen-bond acceptors (Lipinski definition) is 12. The van der Waals surface area contributed by atoms with Gasteiger partial charge in [0.05, 0.1) is 69.0 Å². The number of hydrogen-bond donors (Lipinski definition) is 6. The quantitative estimate of drug-likeness (QED) is 0.183. The lowest BCUT2D eigenvalue weighted by molar-refractivity contribution is -0.164. The van der Waals surface area contributed by atoms with Crippen molar-refractivity contribution >= 4 is 34.7 Å². The van der Waals surface area contributed by atoms with E-state index in [0.29, 0.717) is 0 Å². The Labute approximate surface area is 235 Å². The Bertz CT molecular complexity index is 1720. The van der Waals surface area contributed by atoms with Crippen molar-refractivity contribution in [3.63, 3.8) is 0 Å². The molecule has 0 aromatic heterocycles. The number of carbonyl (C=O) groups is 6. The van der Waals surface area contributed by atoms with E-state index in [4.69, 9.17) is 0 Å². The third-order valence-electron chi connectivity index (χ3n) is 11.3. The van der Waals surface area contributed by atoms with Crippen LogP contribution in [0.5, 0.6) is 23.0 Å². The largest absolute Gasteiger partial charge is 0.507 e. The van der Waals surface area contributed by atoms with Crippen molar-refractivity contribution in [1.29, 1.82) is 0 Å². The molecule has 214 valence electrons. The normalized spacial score (nSPS) is 40.3. The van der Waals surface area contributed by atoms with Gasteiger partial charge in [0.15, 0.2) is 34.7 Å². The third kappa shape index (κ3) is 2.06. The molecule has 4 bridgehead atoms. The van der Waals surface area contributed by atoms with Crippen molar-refractivity contribution in [1.82, 2.24) is 0 Å². The lowest BCUT2D eigenvalue weighted by Crippen LogP contribution is -2.72. The van der Waals surface area contributed by atoms with Crippen LogP contribution in [0.3, 0.4) is 0 Å². The number of aliphatic hydroxyl groups is 2. The number of carbonyl (C=O) groups excluding carboxylic acids is 6. The average molecular weight is 574 g/mol. The number of aromatic hydroxyl groups is 4. The molecule has 10 atom stereocenters. The molecule has 2 spiro atoms. The number of aliphatic hydroxyl groups excluding tert-OH is 2. The minimum absolute atomic E-state index is 0.00524. The van der Waals surface area contributed by atoms with Crippen molar-refractivity contribution in [3.8, 4) is 23.0 Å². The molecule has 12 nitrogen and oxygen atoms in total. The Kier molecular flexibility index (Phi) is 4.19. The predicted octanol–water partition coefficient (Wildman–Crippen LogP) is 0.168. The minimum atomic E-state index is -2.47. The molecule has 0 amide bonds. The highest BCUT2D eigenvalue weighted by Crippen LogP contribution is 2.80. The Hall–Kier alpha value is -4.42. The maximum atomic E-state index is 14.6. The van der Waals surface area contributed by atoms with E-state index < -0.39 is 138 Å². The Balaban J connectivity index is 1.51. The molecule has 6 N–H and O–H groups in total. The number of Topliss-reactive ketones (excluding diaryl/α,β-unsaturated/α-hetero) is 6. The highest BCUT2D eigenvalue weighted by atomic mass is 16.3. The molecule has 10 unspecified atom stereocenters. The molecule has 0 aliphatic heterocycles. The Morgan fingerprint density at radius 3 is 1.24 bits per heavy atom. The van der Waals surface area contributed by atoms with Gasteiger partial charge < -0.3 is 30.6 Å². The molecule has 4 saturated carbocycles. The molecule has 0 heterocycles. The Morgan fingerprint density at radius 2 is 0.905 bits per heavy atom. The van der Waals surface area contributed by atoms with Crippen molar-refractivity contribution in [2.24, 2.45) is 46.3 Å². The van der Waals surface area contributed by atoms with Crippen molar-refractivity contribution in [3.05, 3.63) is 45.5 Å². The first kappa shape index (κ1) is 25.3. The molecule has 6 aliphatic carbocycles. The van der Waals surface area contributed by atoms with E-state index >= 15 is 0 Å². The molecule has 2 aromatic rings. The highest BCUT2D eigenvalue weighted by Gasteiger charge is 2.92. The fourth-order valence-corrected chi connectivity index (χ4v) is 10.1. The standard InChI is InChI=1S/C30H22O12/c1-5-3-7(31)9-11(19(5)33)27(41)29-13-14-24(38)17(29)26(40)16-22(36)10-8(32)4-6(2)20(34)12(10)28(42)30(14,16)18(23(13)37)25(39)15(29)21(9)35/h3-4,13-18,23-24,31-34,37-38H,1-2H3. The van der Waals surface area contributed by atoms with Crippen molar-refractivity contribution < 1.29 is 59.4 Å². The summed E-state index contributed by atoms with van der Waals surface area (Å²) in [5.74, 6) is -20.5. The number of benzene rings is 2. The molecular formula is C30H22O12. The number of ketones is 6. The maximum Gasteiger partial charge on any atom is 0.178 e. The predicted molar refractivity (Wildman–Crippen MR) is 134 cm³/mol. The van der Waals surface area contributed by atoms with Gasteiger partial charge in [-0.3, -0.25) is 28.8 Å². The Morgan fingerprint density at radius 1 is 0.571 bits per heavy atom. The van der Waals surface area contributed by atoms with Gasteiger partial charge in [0.2, 0.25) is 0 Å². The summed E-state index contributed by atoms with van der Waals surface area (Å²) in [6.45, 7) is 2.69. The lowest BCUT2D eigenvalue weighted by atomic mass is 9.41. The summed E-state index contributed by atoms with van der Waals surface area (Å²) in [6.07, 6.45) is -3.74. The van der Waals surface area contributed by atoms with Gasteiger partial charge in [0.1, 0.15) is 23.0 Å². The summed E-state index contributed by atoms with van der Waals surface area (Å²) in [7, 11) is 0. The van der Waals surface area contributed by atoms with Crippen LogP contribution in [-0.2, 0) is 9.59 Å². The van der Waals surface area contributed by atoms with Crippen LogP contribution in [0.4, 0.5) is 0 Å². The molecule has 12 heteroatoms. The van der Waals surface area contributed by atoms with Crippen LogP contribution in [0.2, 0.25) is 0 Å². The molecule has 4 fully saturated rings. The molecule has 6 aliphatic rings. The second-order valence-corrected chi connectivity index (χ2v) is 12.5. The van der Waals surface area contributed by atoms with Crippen LogP contribution in [-0.4, -0.2) is 77.5 Å². The molecular weight excluding hydrogens is 552 g/mol. The van der Waals surface area contributed by atoms with Crippen molar-refractivity contribution in [2.45, 2.75) is 26.1 Å². The van der Waals surface area contributed by atoms with Crippen LogP contribution in [0.25, 0.3) is 0 Å². The fourth-order valence-electron chi connectivity index (χ4n) is 10.1. The minimum Gasteiger partial charge on any atom is -0.507 e. The van der Waals surface area contributed by atoms with E-state index in [9.17, 15) is 59.4 Å². The van der Waals surface area contributed by atoms with E-state index in [0.717, 1.165) is 12.1 Å². The third-order valence-corrected chi connectivity index (χ3v) is 11.3. The van der Waals surface area contributed by atoms with E-state index in [-0.39, 0.29) is 11.1 Å². The first-order valence-electron chi connectivity index (χ1n) is 13.4. The van der Waals surface area contributed by atoms with Gasteiger partial charge in [-0.25, -0.2) is 0 Å². The van der Waals surface area contributed by atoms with E-state index in [1.165, 1.54) is 13.8 Å². The topological polar surface area (TPSA) is 224 Å². The molecule has 0 radical (unpaired) electrons. The van der Waals surface area contributed by atoms with Gasteiger partial charge in [-0.2, -0.15) is 0 Å². The molecule has 0 saturated heterocycles. The average Bonchev–Trinajstić information content (AvgIpc) is 3.27. The number of phenolic OH excluding ortho intramolecular Hbond substituents is 4. The second-order valence-electron chi connectivity index (χ2n) is 12.5. The van der Waals surface area contributed by atoms with Crippen molar-refractivity contribution in [2.75, 3.05) is 0 Å². The fraction of sp³-hybridized carbons (Fsp3) is 0.400. The zero-order valence-corrected chi connectivity index (χ0v) is 21.9. The van der Waals surface area contributed by atoms with Gasteiger partial charge in [0, 0.05) is 11.8 Å². The summed E-state index contributed by atoms with van der Waals surface area (Å²) in [5.41, 5.74) is -7.58. The SMILES string of the molecule is Cc1cc(O)c2c(c1O)C(=O)C13C(C2=O)C(=O)C2C(O)C1C1C(O)C3C(=O)C3C(=O)c4c(O)cc(C)c(O)c4C(=O)C321. The molecule has 42 heavy (non-hydrogen) atoms. The van der Waals surface area contributed by atoms with Crippen LogP contribution >= 0.6 is 0 Å². The van der Waals surface area contributed by atoms with Crippen LogP contribution in [0, 0.1) is 60.2 Å². The van der Waals surface area contributed by atoms with Crippen LogP contribution in [0.15, 0.2) is 12.1 Å². The zero-order chi connectivity index (χ0) is 30.3. The number of fused-ring (bicyclic) bond motifs is 4. The van der Waals surface area contributed by atoms with Gasteiger partial charge in [0.25, 0.3) is 0 Å². The van der Waals surface area contributed by atoms with Gasteiger partial charge >= 0.3 is 0 Å². The molecule has 2 aromatic carbocycles. The summed E-state index contributed by atoms with van der Waals surface area (Å²) in [4.78, 5) is 86.2. The summed E-state index contributed by atoms with van der Waals surface area (Å²) in [6, 6.07) is 2.06.